The van der Waals surface area contributed by atoms with Gasteiger partial charge in [0.1, 0.15) is 0 Å². The second-order valence-corrected chi connectivity index (χ2v) is 5.72. The number of nitrogens with one attached hydrogen (secondary N) is 2. The molecular weight excluding hydrogens is 262 g/mol. The van der Waals surface area contributed by atoms with Crippen molar-refractivity contribution < 1.29 is 4.79 Å². The molecular formula is C17H27N3O. The third kappa shape index (κ3) is 5.14. The minimum Gasteiger partial charge on any atom is -0.325 e. The first-order valence-electron chi connectivity index (χ1n) is 8.05. The molecule has 4 nitrogen and oxygen atoms in total. The number of amides is 1. The van der Waals surface area contributed by atoms with Crippen LogP contribution in [-0.2, 0) is 11.2 Å². The highest BCUT2D eigenvalue weighted by Crippen LogP contribution is 2.10. The van der Waals surface area contributed by atoms with Crippen molar-refractivity contribution in [2.75, 3.05) is 31.5 Å². The average molecular weight is 289 g/mol. The first kappa shape index (κ1) is 16.0. The summed E-state index contributed by atoms with van der Waals surface area (Å²) in [6, 6.07) is 8.63. The van der Waals surface area contributed by atoms with Gasteiger partial charge in [-0.25, -0.2) is 0 Å². The molecule has 0 bridgehead atoms. The molecule has 1 unspecified atom stereocenters. The summed E-state index contributed by atoms with van der Waals surface area (Å²) in [6.07, 6.45) is 3.49. The van der Waals surface area contributed by atoms with Crippen molar-refractivity contribution in [2.45, 2.75) is 39.2 Å². The van der Waals surface area contributed by atoms with Crippen molar-refractivity contribution in [2.24, 2.45) is 0 Å². The van der Waals surface area contributed by atoms with Gasteiger partial charge in [0.25, 0.3) is 0 Å². The minimum atomic E-state index is 0.0686. The lowest BCUT2D eigenvalue weighted by Gasteiger charge is -2.23. The maximum Gasteiger partial charge on any atom is 0.238 e. The molecule has 116 valence electrons. The number of rotatable bonds is 7. The van der Waals surface area contributed by atoms with E-state index in [2.05, 4.69) is 41.5 Å². The third-order valence-corrected chi connectivity index (χ3v) is 4.10. The van der Waals surface area contributed by atoms with Crippen molar-refractivity contribution in [3.8, 4) is 0 Å². The lowest BCUT2D eigenvalue weighted by molar-refractivity contribution is -0.117. The van der Waals surface area contributed by atoms with Gasteiger partial charge in [-0.1, -0.05) is 26.0 Å². The highest BCUT2D eigenvalue weighted by Gasteiger charge is 2.18. The Morgan fingerprint density at radius 3 is 2.67 bits per heavy atom. The fourth-order valence-corrected chi connectivity index (χ4v) is 2.76. The van der Waals surface area contributed by atoms with Gasteiger partial charge in [-0.3, -0.25) is 9.69 Å². The number of carbonyl (C=O) groups excluding carboxylic acids is 1. The summed E-state index contributed by atoms with van der Waals surface area (Å²) in [6.45, 7) is 7.67. The van der Waals surface area contributed by atoms with Crippen LogP contribution in [0, 0.1) is 0 Å². The number of anilines is 1. The molecule has 1 atom stereocenters. The van der Waals surface area contributed by atoms with Gasteiger partial charge in [-0.2, -0.15) is 0 Å². The summed E-state index contributed by atoms with van der Waals surface area (Å²) >= 11 is 0. The highest BCUT2D eigenvalue weighted by atomic mass is 16.2. The standard InChI is InChI=1S/C17H27N3O/c1-3-14-7-9-15(10-8-14)19-17(21)13-20(4-2)12-16-6-5-11-18-16/h7-10,16,18H,3-6,11-13H2,1-2H3,(H,19,21). The zero-order chi connectivity index (χ0) is 15.1. The van der Waals surface area contributed by atoms with Gasteiger partial charge in [0.05, 0.1) is 6.54 Å². The van der Waals surface area contributed by atoms with Crippen molar-refractivity contribution in [1.29, 1.82) is 0 Å². The van der Waals surface area contributed by atoms with Crippen LogP contribution in [0.1, 0.15) is 32.3 Å². The van der Waals surface area contributed by atoms with Crippen LogP contribution in [0.5, 0.6) is 0 Å². The Morgan fingerprint density at radius 2 is 2.10 bits per heavy atom. The zero-order valence-corrected chi connectivity index (χ0v) is 13.2. The number of likely N-dealkylation sites (N-methyl/N-ethyl adjacent to an activating group) is 1. The van der Waals surface area contributed by atoms with E-state index in [4.69, 9.17) is 0 Å². The molecule has 1 aromatic rings. The van der Waals surface area contributed by atoms with E-state index in [1.807, 2.05) is 12.1 Å². The molecule has 0 saturated carbocycles. The summed E-state index contributed by atoms with van der Waals surface area (Å²) in [7, 11) is 0. The topological polar surface area (TPSA) is 44.4 Å². The van der Waals surface area contributed by atoms with Crippen LogP contribution in [0.15, 0.2) is 24.3 Å². The van der Waals surface area contributed by atoms with Crippen LogP contribution in [0.2, 0.25) is 0 Å². The first-order chi connectivity index (χ1) is 10.2. The van der Waals surface area contributed by atoms with Crippen LogP contribution in [0.4, 0.5) is 5.69 Å². The van der Waals surface area contributed by atoms with Crippen molar-refractivity contribution in [3.05, 3.63) is 29.8 Å². The molecule has 0 radical (unpaired) electrons. The van der Waals surface area contributed by atoms with E-state index < -0.39 is 0 Å². The number of aryl methyl sites for hydroxylation is 1. The molecule has 0 aromatic heterocycles. The molecule has 1 amide bonds. The predicted octanol–water partition coefficient (Wildman–Crippen LogP) is 2.26. The van der Waals surface area contributed by atoms with Gasteiger partial charge in [0.2, 0.25) is 5.91 Å². The molecule has 1 aromatic carbocycles. The van der Waals surface area contributed by atoms with Crippen molar-refractivity contribution >= 4 is 11.6 Å². The van der Waals surface area contributed by atoms with E-state index in [1.165, 1.54) is 18.4 Å². The molecule has 1 fully saturated rings. The predicted molar refractivity (Wildman–Crippen MR) is 87.6 cm³/mol. The Kier molecular flexibility index (Phi) is 6.21. The number of hydrogen-bond acceptors (Lipinski definition) is 3. The van der Waals surface area contributed by atoms with Gasteiger partial charge in [0.15, 0.2) is 0 Å². The van der Waals surface area contributed by atoms with E-state index in [0.717, 1.165) is 31.7 Å². The summed E-state index contributed by atoms with van der Waals surface area (Å²) in [5.41, 5.74) is 2.17. The Morgan fingerprint density at radius 1 is 1.33 bits per heavy atom. The summed E-state index contributed by atoms with van der Waals surface area (Å²) in [5.74, 6) is 0.0686. The molecule has 2 rings (SSSR count). The number of carbonyl (C=O) groups is 1. The smallest absolute Gasteiger partial charge is 0.238 e. The van der Waals surface area contributed by atoms with E-state index in [9.17, 15) is 4.79 Å². The molecule has 2 N–H and O–H groups in total. The first-order valence-corrected chi connectivity index (χ1v) is 8.05. The van der Waals surface area contributed by atoms with Gasteiger partial charge in [-0.15, -0.1) is 0 Å². The lowest BCUT2D eigenvalue weighted by atomic mass is 10.1. The normalized spacial score (nSPS) is 18.1. The van der Waals surface area contributed by atoms with Crippen LogP contribution in [0.3, 0.4) is 0 Å². The average Bonchev–Trinajstić information content (AvgIpc) is 3.00. The minimum absolute atomic E-state index is 0.0686. The van der Waals surface area contributed by atoms with Gasteiger partial charge >= 0.3 is 0 Å². The number of nitrogens with zero attached hydrogens (tertiary/aromatic N) is 1. The SMILES string of the molecule is CCc1ccc(NC(=O)CN(CC)CC2CCCN2)cc1. The van der Waals surface area contributed by atoms with Crippen LogP contribution >= 0.6 is 0 Å². The quantitative estimate of drug-likeness (QED) is 0.809. The Hall–Kier alpha value is -1.39. The number of benzene rings is 1. The van der Waals surface area contributed by atoms with Crippen molar-refractivity contribution in [3.63, 3.8) is 0 Å². The molecule has 1 aliphatic heterocycles. The molecule has 4 heteroatoms. The summed E-state index contributed by atoms with van der Waals surface area (Å²) < 4.78 is 0. The van der Waals surface area contributed by atoms with Gasteiger partial charge < -0.3 is 10.6 Å². The van der Waals surface area contributed by atoms with E-state index in [-0.39, 0.29) is 5.91 Å². The monoisotopic (exact) mass is 289 g/mol. The van der Waals surface area contributed by atoms with E-state index >= 15 is 0 Å². The van der Waals surface area contributed by atoms with Gasteiger partial charge in [-0.05, 0) is 50.0 Å². The Labute approximate surface area is 127 Å². The fraction of sp³-hybridized carbons (Fsp3) is 0.588. The third-order valence-electron chi connectivity index (χ3n) is 4.10. The highest BCUT2D eigenvalue weighted by molar-refractivity contribution is 5.92. The molecule has 1 aliphatic rings. The second kappa shape index (κ2) is 8.15. The zero-order valence-electron chi connectivity index (χ0n) is 13.2. The Balaban J connectivity index is 1.80. The fourth-order valence-electron chi connectivity index (χ4n) is 2.76. The summed E-state index contributed by atoms with van der Waals surface area (Å²) in [4.78, 5) is 14.3. The Bertz CT molecular complexity index is 438. The van der Waals surface area contributed by atoms with Crippen molar-refractivity contribution in [1.82, 2.24) is 10.2 Å². The second-order valence-electron chi connectivity index (χ2n) is 5.72. The molecule has 0 spiro atoms. The van der Waals surface area contributed by atoms with Crippen LogP contribution in [-0.4, -0.2) is 43.0 Å². The molecule has 21 heavy (non-hydrogen) atoms. The lowest BCUT2D eigenvalue weighted by Crippen LogP contribution is -2.41. The molecule has 1 saturated heterocycles. The van der Waals surface area contributed by atoms with Crippen LogP contribution < -0.4 is 10.6 Å². The molecule has 0 aliphatic carbocycles. The van der Waals surface area contributed by atoms with E-state index in [1.54, 1.807) is 0 Å². The maximum absolute atomic E-state index is 12.1. The number of hydrogen-bond donors (Lipinski definition) is 2. The maximum atomic E-state index is 12.1. The van der Waals surface area contributed by atoms with Crippen LogP contribution in [0.25, 0.3) is 0 Å². The van der Waals surface area contributed by atoms with Gasteiger partial charge in [0, 0.05) is 18.3 Å². The summed E-state index contributed by atoms with van der Waals surface area (Å²) in [5, 5.41) is 6.47. The van der Waals surface area contributed by atoms with E-state index in [0.29, 0.717) is 12.6 Å². The largest absolute Gasteiger partial charge is 0.325 e. The molecule has 1 heterocycles.